The number of halogens is 1. The molecule has 1 amide bonds. The molecule has 1 aromatic rings. The van der Waals surface area contributed by atoms with Gasteiger partial charge in [-0.05, 0) is 43.4 Å². The summed E-state index contributed by atoms with van der Waals surface area (Å²) in [6.45, 7) is 2.05. The molecule has 3 N–H and O–H groups in total. The Bertz CT molecular complexity index is 509. The molecule has 3 rings (SSSR count). The number of nitrogens with two attached hydrogens (primary N) is 1. The van der Waals surface area contributed by atoms with Crippen molar-refractivity contribution in [2.24, 2.45) is 17.6 Å². The van der Waals surface area contributed by atoms with Crippen molar-refractivity contribution in [2.75, 3.05) is 19.7 Å². The van der Waals surface area contributed by atoms with Crippen molar-refractivity contribution in [1.29, 1.82) is 0 Å². The molecule has 2 aliphatic rings. The Balaban J connectivity index is 0.00000176. The lowest BCUT2D eigenvalue weighted by Crippen LogP contribution is -2.37. The van der Waals surface area contributed by atoms with E-state index in [0.29, 0.717) is 24.9 Å². The Kier molecular flexibility index (Phi) is 6.09. The molecule has 1 fully saturated rings. The van der Waals surface area contributed by atoms with Gasteiger partial charge in [0.1, 0.15) is 5.75 Å². The van der Waals surface area contributed by atoms with Crippen LogP contribution >= 0.6 is 12.4 Å². The second-order valence-corrected chi connectivity index (χ2v) is 6.15. The first-order valence-electron chi connectivity index (χ1n) is 7.99. The van der Waals surface area contributed by atoms with Crippen LogP contribution in [0, 0.1) is 11.8 Å². The van der Waals surface area contributed by atoms with E-state index in [1.165, 1.54) is 5.56 Å². The Hall–Kier alpha value is -1.26. The van der Waals surface area contributed by atoms with Gasteiger partial charge >= 0.3 is 0 Å². The van der Waals surface area contributed by atoms with Crippen molar-refractivity contribution in [3.8, 4) is 5.75 Å². The number of amides is 1. The molecule has 1 heterocycles. The Morgan fingerprint density at radius 1 is 1.27 bits per heavy atom. The van der Waals surface area contributed by atoms with E-state index in [-0.39, 0.29) is 24.2 Å². The van der Waals surface area contributed by atoms with Crippen LogP contribution in [-0.2, 0) is 4.79 Å². The van der Waals surface area contributed by atoms with E-state index in [1.807, 2.05) is 18.2 Å². The van der Waals surface area contributed by atoms with Gasteiger partial charge in [-0.25, -0.2) is 0 Å². The molecule has 22 heavy (non-hydrogen) atoms. The van der Waals surface area contributed by atoms with Crippen molar-refractivity contribution >= 4 is 18.3 Å². The first-order chi connectivity index (χ1) is 10.3. The van der Waals surface area contributed by atoms with Crippen LogP contribution in [0.5, 0.6) is 5.75 Å². The standard InChI is InChI=1S/C17H24N2O2.ClH/c18-10-12-4-3-6-15(12)17(20)19-11-13-8-9-21-16-7-2-1-5-14(13)16;/h1-2,5,7,12-13,15H,3-4,6,8-11,18H2,(H,19,20);1H/t12-,13?,15-;/m1./s1. The average Bonchev–Trinajstić information content (AvgIpc) is 3.01. The zero-order valence-electron chi connectivity index (χ0n) is 12.8. The molecule has 1 aromatic carbocycles. The SMILES string of the molecule is Cl.NC[C@H]1CCC[C@H]1C(=O)NCC1CCOc2ccccc21. The van der Waals surface area contributed by atoms with E-state index in [0.717, 1.165) is 38.0 Å². The van der Waals surface area contributed by atoms with Gasteiger partial charge in [0.05, 0.1) is 6.61 Å². The number of benzene rings is 1. The number of hydrogen-bond donors (Lipinski definition) is 2. The van der Waals surface area contributed by atoms with E-state index in [9.17, 15) is 4.79 Å². The molecule has 0 spiro atoms. The maximum atomic E-state index is 12.4. The number of nitrogens with one attached hydrogen (secondary N) is 1. The molecule has 0 bridgehead atoms. The van der Waals surface area contributed by atoms with Gasteiger partial charge in [-0.2, -0.15) is 0 Å². The van der Waals surface area contributed by atoms with Gasteiger partial charge in [0.2, 0.25) is 5.91 Å². The number of carbonyl (C=O) groups is 1. The van der Waals surface area contributed by atoms with Crippen LogP contribution in [-0.4, -0.2) is 25.6 Å². The predicted molar refractivity (Wildman–Crippen MR) is 89.4 cm³/mol. The predicted octanol–water partition coefficient (Wildman–Crippen LogP) is 2.47. The summed E-state index contributed by atoms with van der Waals surface area (Å²) in [7, 11) is 0. The fraction of sp³-hybridized carbons (Fsp3) is 0.588. The van der Waals surface area contributed by atoms with Crippen molar-refractivity contribution in [3.63, 3.8) is 0 Å². The lowest BCUT2D eigenvalue weighted by molar-refractivity contribution is -0.126. The molecule has 1 unspecified atom stereocenters. The quantitative estimate of drug-likeness (QED) is 0.894. The zero-order valence-corrected chi connectivity index (χ0v) is 13.6. The number of rotatable bonds is 4. The second kappa shape index (κ2) is 7.84. The average molecular weight is 325 g/mol. The summed E-state index contributed by atoms with van der Waals surface area (Å²) in [6, 6.07) is 8.13. The molecule has 0 radical (unpaired) electrons. The lowest BCUT2D eigenvalue weighted by atomic mass is 9.92. The molecule has 4 nitrogen and oxygen atoms in total. The number of carbonyl (C=O) groups excluding carboxylic acids is 1. The number of para-hydroxylation sites is 1. The minimum absolute atomic E-state index is 0. The van der Waals surface area contributed by atoms with Crippen molar-refractivity contribution in [2.45, 2.75) is 31.6 Å². The van der Waals surface area contributed by atoms with Crippen LogP contribution in [0.1, 0.15) is 37.2 Å². The topological polar surface area (TPSA) is 64.4 Å². The highest BCUT2D eigenvalue weighted by molar-refractivity contribution is 5.85. The molecule has 3 atom stereocenters. The summed E-state index contributed by atoms with van der Waals surface area (Å²) in [4.78, 5) is 12.4. The van der Waals surface area contributed by atoms with Crippen LogP contribution in [0.25, 0.3) is 0 Å². The molecule has 1 saturated carbocycles. The number of hydrogen-bond acceptors (Lipinski definition) is 3. The molecule has 5 heteroatoms. The van der Waals surface area contributed by atoms with E-state index in [1.54, 1.807) is 0 Å². The summed E-state index contributed by atoms with van der Waals surface area (Å²) in [6.07, 6.45) is 4.16. The molecule has 0 aromatic heterocycles. The first-order valence-corrected chi connectivity index (χ1v) is 7.99. The molecule has 0 saturated heterocycles. The van der Waals surface area contributed by atoms with Crippen molar-refractivity contribution in [3.05, 3.63) is 29.8 Å². The molecular weight excluding hydrogens is 300 g/mol. The molecular formula is C17H25ClN2O2. The van der Waals surface area contributed by atoms with E-state index in [2.05, 4.69) is 11.4 Å². The molecule has 122 valence electrons. The van der Waals surface area contributed by atoms with Gasteiger partial charge in [0.15, 0.2) is 0 Å². The van der Waals surface area contributed by atoms with Gasteiger partial charge in [-0.1, -0.05) is 24.6 Å². The van der Waals surface area contributed by atoms with E-state index < -0.39 is 0 Å². The maximum Gasteiger partial charge on any atom is 0.223 e. The summed E-state index contributed by atoms with van der Waals surface area (Å²) in [5, 5.41) is 3.15. The fourth-order valence-corrected chi connectivity index (χ4v) is 3.65. The number of fused-ring (bicyclic) bond motifs is 1. The van der Waals surface area contributed by atoms with Gasteiger partial charge in [0.25, 0.3) is 0 Å². The Labute approximate surface area is 138 Å². The van der Waals surface area contributed by atoms with E-state index in [4.69, 9.17) is 10.5 Å². The van der Waals surface area contributed by atoms with Crippen LogP contribution in [0.4, 0.5) is 0 Å². The smallest absolute Gasteiger partial charge is 0.223 e. The van der Waals surface area contributed by atoms with Crippen LogP contribution in [0.15, 0.2) is 24.3 Å². The maximum absolute atomic E-state index is 12.4. The van der Waals surface area contributed by atoms with Crippen LogP contribution < -0.4 is 15.8 Å². The second-order valence-electron chi connectivity index (χ2n) is 6.15. The summed E-state index contributed by atoms with van der Waals surface area (Å²) >= 11 is 0. The minimum atomic E-state index is 0. The van der Waals surface area contributed by atoms with Crippen molar-refractivity contribution < 1.29 is 9.53 Å². The normalized spacial score (nSPS) is 26.5. The Morgan fingerprint density at radius 2 is 2.09 bits per heavy atom. The minimum Gasteiger partial charge on any atom is -0.493 e. The Morgan fingerprint density at radius 3 is 2.91 bits per heavy atom. The van der Waals surface area contributed by atoms with Crippen LogP contribution in [0.3, 0.4) is 0 Å². The fourth-order valence-electron chi connectivity index (χ4n) is 3.65. The molecule has 1 aliphatic carbocycles. The molecule has 1 aliphatic heterocycles. The van der Waals surface area contributed by atoms with E-state index >= 15 is 0 Å². The highest BCUT2D eigenvalue weighted by atomic mass is 35.5. The first kappa shape index (κ1) is 17.1. The van der Waals surface area contributed by atoms with Crippen LogP contribution in [0.2, 0.25) is 0 Å². The van der Waals surface area contributed by atoms with Crippen molar-refractivity contribution in [1.82, 2.24) is 5.32 Å². The third-order valence-corrected chi connectivity index (χ3v) is 4.90. The highest BCUT2D eigenvalue weighted by Crippen LogP contribution is 2.34. The summed E-state index contributed by atoms with van der Waals surface area (Å²) in [5.74, 6) is 1.99. The zero-order chi connectivity index (χ0) is 14.7. The summed E-state index contributed by atoms with van der Waals surface area (Å²) in [5.41, 5.74) is 6.98. The lowest BCUT2D eigenvalue weighted by Gasteiger charge is -2.27. The number of ether oxygens (including phenoxy) is 1. The summed E-state index contributed by atoms with van der Waals surface area (Å²) < 4.78 is 5.67. The third-order valence-electron chi connectivity index (χ3n) is 4.90. The van der Waals surface area contributed by atoms with Gasteiger partial charge < -0.3 is 15.8 Å². The van der Waals surface area contributed by atoms with Gasteiger partial charge in [-0.3, -0.25) is 4.79 Å². The largest absolute Gasteiger partial charge is 0.493 e. The highest BCUT2D eigenvalue weighted by Gasteiger charge is 2.32. The van der Waals surface area contributed by atoms with Gasteiger partial charge in [-0.15, -0.1) is 12.4 Å². The third kappa shape index (κ3) is 3.55. The monoisotopic (exact) mass is 324 g/mol. The van der Waals surface area contributed by atoms with Gasteiger partial charge in [0, 0.05) is 18.4 Å².